The van der Waals surface area contributed by atoms with E-state index in [2.05, 4.69) is 33.9 Å². The van der Waals surface area contributed by atoms with Crippen LogP contribution in [-0.2, 0) is 32.1 Å². The van der Waals surface area contributed by atoms with Gasteiger partial charge in [-0.15, -0.1) is 0 Å². The van der Waals surface area contributed by atoms with Gasteiger partial charge in [0.15, 0.2) is 19.7 Å². The van der Waals surface area contributed by atoms with E-state index in [0.717, 1.165) is 5.56 Å². The number of ketones is 1. The van der Waals surface area contributed by atoms with Gasteiger partial charge in [-0.05, 0) is 37.5 Å². The van der Waals surface area contributed by atoms with E-state index in [9.17, 15) is 9.36 Å². The standard InChI is InChI=1S/C26H45O7PSi/c1-11-29-34(28,30-12-2)33-22-18-21(20-16-14-13-15-17-20)32-26(22,23(27)24(3,4)5)19-31-35(9,10)25(6,7)8/h13-17,21-22H,11-12,18-19H2,1-10H3/t21-,22-,26+/m0/s1. The smallest absolute Gasteiger partial charge is 0.413 e. The Morgan fingerprint density at radius 1 is 1.06 bits per heavy atom. The molecule has 2 rings (SSSR count). The summed E-state index contributed by atoms with van der Waals surface area (Å²) in [5.74, 6) is -0.160. The van der Waals surface area contributed by atoms with Gasteiger partial charge in [0.05, 0.1) is 25.9 Å². The van der Waals surface area contributed by atoms with Crippen LogP contribution in [0.5, 0.6) is 0 Å². The molecule has 1 aliphatic rings. The second kappa shape index (κ2) is 11.3. The average molecular weight is 529 g/mol. The first-order valence-corrected chi connectivity index (χ1v) is 16.9. The molecule has 0 unspecified atom stereocenters. The summed E-state index contributed by atoms with van der Waals surface area (Å²) in [5, 5.41) is -0.0707. The number of benzene rings is 1. The molecule has 1 aromatic carbocycles. The molecule has 0 radical (unpaired) electrons. The zero-order valence-corrected chi connectivity index (χ0v) is 25.1. The number of Topliss-reactive ketones (excluding diaryl/α,β-unsaturated/α-hetero) is 1. The van der Waals surface area contributed by atoms with Crippen molar-refractivity contribution in [3.05, 3.63) is 35.9 Å². The predicted molar refractivity (Wildman–Crippen MR) is 141 cm³/mol. The van der Waals surface area contributed by atoms with E-state index >= 15 is 0 Å². The third-order valence-electron chi connectivity index (χ3n) is 6.82. The number of phosphoric ester groups is 1. The van der Waals surface area contributed by atoms with Crippen molar-refractivity contribution in [2.45, 2.75) is 97.8 Å². The Morgan fingerprint density at radius 2 is 1.60 bits per heavy atom. The van der Waals surface area contributed by atoms with Crippen LogP contribution in [0.15, 0.2) is 30.3 Å². The number of rotatable bonds is 11. The average Bonchev–Trinajstić information content (AvgIpc) is 3.10. The van der Waals surface area contributed by atoms with Crippen LogP contribution in [0.25, 0.3) is 0 Å². The van der Waals surface area contributed by atoms with Crippen molar-refractivity contribution in [2.24, 2.45) is 5.41 Å². The van der Waals surface area contributed by atoms with Crippen molar-refractivity contribution in [1.82, 2.24) is 0 Å². The van der Waals surface area contributed by atoms with Crippen LogP contribution >= 0.6 is 7.82 Å². The Hall–Kier alpha value is -0.863. The molecule has 1 fully saturated rings. The molecule has 7 nitrogen and oxygen atoms in total. The lowest BCUT2D eigenvalue weighted by Gasteiger charge is -2.42. The summed E-state index contributed by atoms with van der Waals surface area (Å²) >= 11 is 0. The van der Waals surface area contributed by atoms with Crippen molar-refractivity contribution < 1.29 is 32.1 Å². The van der Waals surface area contributed by atoms with E-state index in [1.807, 2.05) is 51.1 Å². The van der Waals surface area contributed by atoms with Gasteiger partial charge in [-0.1, -0.05) is 71.9 Å². The molecule has 35 heavy (non-hydrogen) atoms. The van der Waals surface area contributed by atoms with E-state index in [0.29, 0.717) is 6.42 Å². The summed E-state index contributed by atoms with van der Waals surface area (Å²) in [7, 11) is -6.20. The van der Waals surface area contributed by atoms with Crippen molar-refractivity contribution >= 4 is 21.9 Å². The number of phosphoric acid groups is 1. The summed E-state index contributed by atoms with van der Waals surface area (Å²) in [6.45, 7) is 20.0. The topological polar surface area (TPSA) is 80.3 Å². The van der Waals surface area contributed by atoms with Crippen LogP contribution in [0.2, 0.25) is 18.1 Å². The lowest BCUT2D eigenvalue weighted by Crippen LogP contribution is -2.58. The number of carbonyl (C=O) groups excluding carboxylic acids is 1. The molecule has 0 spiro atoms. The molecule has 200 valence electrons. The highest BCUT2D eigenvalue weighted by atomic mass is 31.2. The fourth-order valence-corrected chi connectivity index (χ4v) is 6.27. The van der Waals surface area contributed by atoms with E-state index in [-0.39, 0.29) is 30.6 Å². The second-order valence-corrected chi connectivity index (χ2v) is 18.1. The van der Waals surface area contributed by atoms with Crippen LogP contribution in [0.1, 0.15) is 73.5 Å². The van der Waals surface area contributed by atoms with Gasteiger partial charge in [-0.25, -0.2) is 4.57 Å². The highest BCUT2D eigenvalue weighted by Gasteiger charge is 2.60. The minimum atomic E-state index is -3.93. The summed E-state index contributed by atoms with van der Waals surface area (Å²) in [6.07, 6.45) is -1.00. The van der Waals surface area contributed by atoms with E-state index < -0.39 is 39.4 Å². The molecule has 0 amide bonds. The van der Waals surface area contributed by atoms with Crippen LogP contribution in [0, 0.1) is 5.41 Å². The second-order valence-electron chi connectivity index (χ2n) is 11.6. The lowest BCUT2D eigenvalue weighted by molar-refractivity contribution is -0.166. The van der Waals surface area contributed by atoms with Gasteiger partial charge >= 0.3 is 7.82 Å². The minimum absolute atomic E-state index is 0.00580. The van der Waals surface area contributed by atoms with Crippen LogP contribution in [0.4, 0.5) is 0 Å². The van der Waals surface area contributed by atoms with Gasteiger partial charge in [0, 0.05) is 11.8 Å². The van der Waals surface area contributed by atoms with Crippen molar-refractivity contribution in [3.8, 4) is 0 Å². The lowest BCUT2D eigenvalue weighted by atomic mass is 9.78. The molecule has 0 aliphatic carbocycles. The third-order valence-corrected chi connectivity index (χ3v) is 13.0. The first kappa shape index (κ1) is 30.4. The van der Waals surface area contributed by atoms with E-state index in [4.69, 9.17) is 22.7 Å². The monoisotopic (exact) mass is 528 g/mol. The fraction of sp³-hybridized carbons (Fsp3) is 0.731. The molecule has 0 aromatic heterocycles. The molecule has 0 bridgehead atoms. The highest BCUT2D eigenvalue weighted by molar-refractivity contribution is 7.48. The minimum Gasteiger partial charge on any atom is -0.413 e. The van der Waals surface area contributed by atoms with Gasteiger partial charge in [-0.3, -0.25) is 18.4 Å². The molecule has 3 atom stereocenters. The van der Waals surface area contributed by atoms with Gasteiger partial charge < -0.3 is 9.16 Å². The van der Waals surface area contributed by atoms with Crippen molar-refractivity contribution in [2.75, 3.05) is 19.8 Å². The van der Waals surface area contributed by atoms with Gasteiger partial charge in [0.1, 0.15) is 6.10 Å². The van der Waals surface area contributed by atoms with Crippen LogP contribution < -0.4 is 0 Å². The molecular weight excluding hydrogens is 483 g/mol. The summed E-state index contributed by atoms with van der Waals surface area (Å²) in [5.41, 5.74) is -1.32. The van der Waals surface area contributed by atoms with Crippen molar-refractivity contribution in [3.63, 3.8) is 0 Å². The summed E-state index contributed by atoms with van der Waals surface area (Å²) in [6, 6.07) is 9.70. The van der Waals surface area contributed by atoms with Crippen LogP contribution in [0.3, 0.4) is 0 Å². The normalized spacial score (nSPS) is 24.1. The molecular formula is C26H45O7PSi. The quantitative estimate of drug-likeness (QED) is 0.224. The Bertz CT molecular complexity index is 881. The fourth-order valence-electron chi connectivity index (χ4n) is 3.86. The van der Waals surface area contributed by atoms with Gasteiger partial charge in [0.25, 0.3) is 0 Å². The zero-order valence-electron chi connectivity index (χ0n) is 23.2. The maximum atomic E-state index is 14.1. The Kier molecular flexibility index (Phi) is 9.77. The Balaban J connectivity index is 2.60. The highest BCUT2D eigenvalue weighted by Crippen LogP contribution is 2.56. The molecule has 1 heterocycles. The van der Waals surface area contributed by atoms with Gasteiger partial charge in [0.2, 0.25) is 0 Å². The number of hydrogen-bond acceptors (Lipinski definition) is 7. The largest absolute Gasteiger partial charge is 0.475 e. The molecule has 1 saturated heterocycles. The summed E-state index contributed by atoms with van der Waals surface area (Å²) < 4.78 is 43.7. The van der Waals surface area contributed by atoms with Crippen LogP contribution in [-0.4, -0.2) is 45.6 Å². The van der Waals surface area contributed by atoms with Crippen molar-refractivity contribution in [1.29, 1.82) is 0 Å². The Morgan fingerprint density at radius 3 is 2.06 bits per heavy atom. The third kappa shape index (κ3) is 7.13. The Labute approximate surface area is 213 Å². The first-order valence-electron chi connectivity index (χ1n) is 12.5. The summed E-state index contributed by atoms with van der Waals surface area (Å²) in [4.78, 5) is 14.1. The van der Waals surface area contributed by atoms with Gasteiger partial charge in [-0.2, -0.15) is 0 Å². The number of ether oxygens (including phenoxy) is 1. The predicted octanol–water partition coefficient (Wildman–Crippen LogP) is 7.09. The molecule has 0 saturated carbocycles. The SMILES string of the molecule is CCOP(=O)(OCC)O[C@H]1C[C@@H](c2ccccc2)O[C@@]1(CO[Si](C)(C)C(C)(C)C)C(=O)C(C)(C)C. The molecule has 0 N–H and O–H groups in total. The molecule has 1 aliphatic heterocycles. The maximum Gasteiger partial charge on any atom is 0.475 e. The molecule has 1 aromatic rings. The zero-order chi connectivity index (χ0) is 26.7. The van der Waals surface area contributed by atoms with E-state index in [1.165, 1.54) is 0 Å². The number of carbonyl (C=O) groups is 1. The van der Waals surface area contributed by atoms with E-state index in [1.54, 1.807) is 13.8 Å². The maximum absolute atomic E-state index is 14.1. The molecule has 9 heteroatoms. The first-order chi connectivity index (χ1) is 16.0. The number of hydrogen-bond donors (Lipinski definition) is 0.